The van der Waals surface area contributed by atoms with Gasteiger partial charge in [-0.2, -0.15) is 5.10 Å². The second-order valence-corrected chi connectivity index (χ2v) is 6.28. The van der Waals surface area contributed by atoms with E-state index in [1.54, 1.807) is 30.3 Å². The van der Waals surface area contributed by atoms with Gasteiger partial charge in [-0.05, 0) is 60.2 Å². The van der Waals surface area contributed by atoms with Gasteiger partial charge in [-0.1, -0.05) is 30.3 Å². The van der Waals surface area contributed by atoms with E-state index < -0.39 is 0 Å². The Morgan fingerprint density at radius 2 is 1.50 bits per heavy atom. The number of amides is 2. The first-order chi connectivity index (χ1) is 13.7. The van der Waals surface area contributed by atoms with Gasteiger partial charge in [0.2, 0.25) is 5.88 Å². The van der Waals surface area contributed by atoms with Crippen LogP contribution in [0.3, 0.4) is 0 Å². The third-order valence-corrected chi connectivity index (χ3v) is 4.12. The molecule has 28 heavy (non-hydrogen) atoms. The summed E-state index contributed by atoms with van der Waals surface area (Å²) in [5.74, 6) is 1.03. The number of aryl methyl sites for hydroxylation is 1. The molecule has 4 aromatic rings. The fourth-order valence-electron chi connectivity index (χ4n) is 2.73. The number of nitrogens with zero attached hydrogens (tertiary/aromatic N) is 2. The van der Waals surface area contributed by atoms with Gasteiger partial charge in [-0.25, -0.2) is 4.79 Å². The number of carbonyl (C=O) groups excluding carboxylic acids is 1. The number of hydrogen-bond acceptors (Lipinski definition) is 4. The molecule has 6 nitrogen and oxygen atoms in total. The molecule has 0 aliphatic rings. The maximum absolute atomic E-state index is 12.3. The molecule has 0 aliphatic heterocycles. The van der Waals surface area contributed by atoms with Crippen LogP contribution in [0, 0.1) is 6.92 Å². The predicted octanol–water partition coefficient (Wildman–Crippen LogP) is 5.37. The Hall–Kier alpha value is -3.93. The minimum atomic E-state index is -0.312. The summed E-state index contributed by atoms with van der Waals surface area (Å²) < 4.78 is 5.63. The molecule has 3 aromatic carbocycles. The number of fused-ring (bicyclic) bond motifs is 1. The molecule has 0 saturated carbocycles. The molecule has 0 spiro atoms. The van der Waals surface area contributed by atoms with Gasteiger partial charge in [0.25, 0.3) is 0 Å². The number of anilines is 2. The summed E-state index contributed by atoms with van der Waals surface area (Å²) in [5, 5.41) is 15.8. The van der Waals surface area contributed by atoms with E-state index in [4.69, 9.17) is 4.74 Å². The van der Waals surface area contributed by atoms with Crippen LogP contribution in [0.25, 0.3) is 10.8 Å². The van der Waals surface area contributed by atoms with Gasteiger partial charge in [-0.15, -0.1) is 5.10 Å². The second-order valence-electron chi connectivity index (χ2n) is 6.28. The molecule has 6 heteroatoms. The van der Waals surface area contributed by atoms with Gasteiger partial charge in [0.1, 0.15) is 5.75 Å². The number of carbonyl (C=O) groups is 1. The standard InChI is InChI=1S/C22H18N4O2/c1-15-6-13-21(26-25-15)28-20-11-9-18(10-12-20)23-22(27)24-19-8-7-16-4-2-3-5-17(16)14-19/h2-14H,1H3,(H2,23,24,27). The minimum absolute atomic E-state index is 0.312. The number of aromatic nitrogens is 2. The van der Waals surface area contributed by atoms with Gasteiger partial charge >= 0.3 is 6.03 Å². The summed E-state index contributed by atoms with van der Waals surface area (Å²) >= 11 is 0. The van der Waals surface area contributed by atoms with E-state index in [2.05, 4.69) is 20.8 Å². The summed E-state index contributed by atoms with van der Waals surface area (Å²) in [6.45, 7) is 1.86. The van der Waals surface area contributed by atoms with Crippen LogP contribution in [0.1, 0.15) is 5.69 Å². The molecule has 1 aromatic heterocycles. The van der Waals surface area contributed by atoms with Gasteiger partial charge in [0.05, 0.1) is 5.69 Å². The molecule has 0 bridgehead atoms. The number of benzene rings is 3. The molecule has 138 valence electrons. The molecule has 2 amide bonds. The molecular formula is C22H18N4O2. The molecule has 0 atom stereocenters. The van der Waals surface area contributed by atoms with E-state index in [0.29, 0.717) is 17.3 Å². The number of nitrogens with one attached hydrogen (secondary N) is 2. The first kappa shape index (κ1) is 17.5. The van der Waals surface area contributed by atoms with E-state index in [1.807, 2.05) is 55.5 Å². The lowest BCUT2D eigenvalue weighted by Crippen LogP contribution is -2.19. The topological polar surface area (TPSA) is 76.1 Å². The smallest absolute Gasteiger partial charge is 0.323 e. The zero-order valence-corrected chi connectivity index (χ0v) is 15.2. The zero-order valence-electron chi connectivity index (χ0n) is 15.2. The Kier molecular flexibility index (Phi) is 4.84. The average molecular weight is 370 g/mol. The maximum Gasteiger partial charge on any atom is 0.323 e. The van der Waals surface area contributed by atoms with E-state index in [9.17, 15) is 4.79 Å². The molecule has 0 fully saturated rings. The summed E-state index contributed by atoms with van der Waals surface area (Å²) in [4.78, 5) is 12.3. The van der Waals surface area contributed by atoms with Crippen molar-refractivity contribution in [3.8, 4) is 11.6 Å². The number of rotatable bonds is 4. The second kappa shape index (κ2) is 7.75. The number of hydrogen-bond donors (Lipinski definition) is 2. The Bertz CT molecular complexity index is 1110. The zero-order chi connectivity index (χ0) is 19.3. The first-order valence-corrected chi connectivity index (χ1v) is 8.81. The van der Waals surface area contributed by atoms with Crippen molar-refractivity contribution in [2.75, 3.05) is 10.6 Å². The third kappa shape index (κ3) is 4.24. The van der Waals surface area contributed by atoms with Gasteiger partial charge in [-0.3, -0.25) is 0 Å². The Balaban J connectivity index is 1.37. The molecule has 2 N–H and O–H groups in total. The third-order valence-electron chi connectivity index (χ3n) is 4.12. The van der Waals surface area contributed by atoms with Crippen LogP contribution >= 0.6 is 0 Å². The molecule has 4 rings (SSSR count). The van der Waals surface area contributed by atoms with E-state index in [0.717, 1.165) is 22.2 Å². The highest BCUT2D eigenvalue weighted by molar-refractivity contribution is 6.01. The molecule has 1 heterocycles. The molecule has 0 saturated heterocycles. The summed E-state index contributed by atoms with van der Waals surface area (Å²) in [6, 6.07) is 24.1. The molecule has 0 unspecified atom stereocenters. The SMILES string of the molecule is Cc1ccc(Oc2ccc(NC(=O)Nc3ccc4ccccc4c3)cc2)nn1. The minimum Gasteiger partial charge on any atom is -0.438 e. The first-order valence-electron chi connectivity index (χ1n) is 8.81. The van der Waals surface area contributed by atoms with Crippen molar-refractivity contribution in [3.63, 3.8) is 0 Å². The fourth-order valence-corrected chi connectivity index (χ4v) is 2.73. The maximum atomic E-state index is 12.3. The van der Waals surface area contributed by atoms with Crippen molar-refractivity contribution < 1.29 is 9.53 Å². The molecular weight excluding hydrogens is 352 g/mol. The van der Waals surface area contributed by atoms with Gasteiger partial charge < -0.3 is 15.4 Å². The van der Waals surface area contributed by atoms with Crippen LogP contribution in [0.5, 0.6) is 11.6 Å². The Morgan fingerprint density at radius 1 is 0.786 bits per heavy atom. The predicted molar refractivity (Wildman–Crippen MR) is 110 cm³/mol. The van der Waals surface area contributed by atoms with Crippen LogP contribution in [-0.4, -0.2) is 16.2 Å². The monoisotopic (exact) mass is 370 g/mol. The van der Waals surface area contributed by atoms with Crippen LogP contribution in [-0.2, 0) is 0 Å². The number of ether oxygens (including phenoxy) is 1. The van der Waals surface area contributed by atoms with Crippen molar-refractivity contribution >= 4 is 28.2 Å². The van der Waals surface area contributed by atoms with Crippen molar-refractivity contribution in [3.05, 3.63) is 84.6 Å². The normalized spacial score (nSPS) is 10.5. The van der Waals surface area contributed by atoms with Gasteiger partial charge in [0.15, 0.2) is 0 Å². The quantitative estimate of drug-likeness (QED) is 0.506. The highest BCUT2D eigenvalue weighted by atomic mass is 16.5. The van der Waals surface area contributed by atoms with Crippen LogP contribution in [0.4, 0.5) is 16.2 Å². The fraction of sp³-hybridized carbons (Fsp3) is 0.0455. The van der Waals surface area contributed by atoms with Crippen molar-refractivity contribution in [1.29, 1.82) is 0 Å². The Labute approximate surface area is 162 Å². The Morgan fingerprint density at radius 3 is 2.25 bits per heavy atom. The summed E-state index contributed by atoms with van der Waals surface area (Å²) in [6.07, 6.45) is 0. The molecule has 0 aliphatic carbocycles. The lowest BCUT2D eigenvalue weighted by molar-refractivity contribution is 0.262. The molecule has 0 radical (unpaired) electrons. The largest absolute Gasteiger partial charge is 0.438 e. The summed E-state index contributed by atoms with van der Waals surface area (Å²) in [5.41, 5.74) is 2.21. The highest BCUT2D eigenvalue weighted by Gasteiger charge is 2.05. The summed E-state index contributed by atoms with van der Waals surface area (Å²) in [7, 11) is 0. The van der Waals surface area contributed by atoms with Crippen molar-refractivity contribution in [1.82, 2.24) is 10.2 Å². The average Bonchev–Trinajstić information content (AvgIpc) is 2.71. The number of urea groups is 1. The lowest BCUT2D eigenvalue weighted by atomic mass is 10.1. The van der Waals surface area contributed by atoms with Crippen molar-refractivity contribution in [2.24, 2.45) is 0 Å². The van der Waals surface area contributed by atoms with Crippen LogP contribution in [0.2, 0.25) is 0 Å². The lowest BCUT2D eigenvalue weighted by Gasteiger charge is -2.09. The van der Waals surface area contributed by atoms with E-state index in [1.165, 1.54) is 0 Å². The van der Waals surface area contributed by atoms with Crippen LogP contribution < -0.4 is 15.4 Å². The van der Waals surface area contributed by atoms with Crippen molar-refractivity contribution in [2.45, 2.75) is 6.92 Å². The van der Waals surface area contributed by atoms with E-state index >= 15 is 0 Å². The highest BCUT2D eigenvalue weighted by Crippen LogP contribution is 2.22. The van der Waals surface area contributed by atoms with E-state index in [-0.39, 0.29) is 6.03 Å². The van der Waals surface area contributed by atoms with Crippen LogP contribution in [0.15, 0.2) is 78.9 Å². The van der Waals surface area contributed by atoms with Gasteiger partial charge in [0, 0.05) is 17.4 Å².